The minimum atomic E-state index is 0.128. The first-order valence-electron chi connectivity index (χ1n) is 8.59. The highest BCUT2D eigenvalue weighted by molar-refractivity contribution is 7.13. The molecular formula is C18H19N5O2S. The number of carbonyl (C=O) groups is 1. The van der Waals surface area contributed by atoms with Crippen LogP contribution in [0.3, 0.4) is 0 Å². The van der Waals surface area contributed by atoms with Crippen LogP contribution in [-0.2, 0) is 11.2 Å². The molecule has 1 aliphatic rings. The van der Waals surface area contributed by atoms with Crippen LogP contribution in [0.15, 0.2) is 46.3 Å². The molecule has 1 amide bonds. The summed E-state index contributed by atoms with van der Waals surface area (Å²) in [4.78, 5) is 20.9. The van der Waals surface area contributed by atoms with Crippen molar-refractivity contribution in [3.8, 4) is 11.5 Å². The Morgan fingerprint density at radius 1 is 1.12 bits per heavy atom. The van der Waals surface area contributed by atoms with Crippen molar-refractivity contribution in [1.29, 1.82) is 0 Å². The van der Waals surface area contributed by atoms with E-state index in [2.05, 4.69) is 20.1 Å². The Kier molecular flexibility index (Phi) is 4.92. The zero-order valence-electron chi connectivity index (χ0n) is 14.2. The second kappa shape index (κ2) is 7.65. The molecule has 134 valence electrons. The molecule has 2 aromatic heterocycles. The molecule has 7 nitrogen and oxygen atoms in total. The zero-order valence-corrected chi connectivity index (χ0v) is 15.1. The fourth-order valence-corrected chi connectivity index (χ4v) is 3.64. The van der Waals surface area contributed by atoms with Crippen molar-refractivity contribution in [1.82, 2.24) is 20.1 Å². The van der Waals surface area contributed by atoms with E-state index >= 15 is 0 Å². The molecule has 1 aliphatic heterocycles. The SMILES string of the molecule is O=C(CCc1nnc(-c2ccccc2)o1)N1CCN(c2nccs2)CC1. The quantitative estimate of drug-likeness (QED) is 0.688. The highest BCUT2D eigenvalue weighted by atomic mass is 32.1. The first-order chi connectivity index (χ1) is 12.8. The Bertz CT molecular complexity index is 842. The molecule has 1 aromatic carbocycles. The number of nitrogens with zero attached hydrogens (tertiary/aromatic N) is 5. The maximum Gasteiger partial charge on any atom is 0.247 e. The van der Waals surface area contributed by atoms with Gasteiger partial charge in [-0.15, -0.1) is 21.5 Å². The van der Waals surface area contributed by atoms with E-state index in [1.165, 1.54) is 0 Å². The summed E-state index contributed by atoms with van der Waals surface area (Å²) in [5.74, 6) is 1.12. The van der Waals surface area contributed by atoms with Gasteiger partial charge >= 0.3 is 0 Å². The van der Waals surface area contributed by atoms with Gasteiger partial charge in [-0.2, -0.15) is 0 Å². The van der Waals surface area contributed by atoms with Crippen molar-refractivity contribution < 1.29 is 9.21 Å². The second-order valence-electron chi connectivity index (χ2n) is 6.05. The predicted octanol–water partition coefficient (Wildman–Crippen LogP) is 2.47. The van der Waals surface area contributed by atoms with Gasteiger partial charge in [0.15, 0.2) is 5.13 Å². The van der Waals surface area contributed by atoms with Gasteiger partial charge < -0.3 is 14.2 Å². The Labute approximate surface area is 155 Å². The topological polar surface area (TPSA) is 75.4 Å². The van der Waals surface area contributed by atoms with Crippen molar-refractivity contribution in [2.75, 3.05) is 31.1 Å². The van der Waals surface area contributed by atoms with Gasteiger partial charge in [-0.3, -0.25) is 4.79 Å². The number of aromatic nitrogens is 3. The first-order valence-corrected chi connectivity index (χ1v) is 9.47. The van der Waals surface area contributed by atoms with Gasteiger partial charge in [0.05, 0.1) is 0 Å². The van der Waals surface area contributed by atoms with Crippen molar-refractivity contribution >= 4 is 22.4 Å². The lowest BCUT2D eigenvalue weighted by Gasteiger charge is -2.34. The molecule has 26 heavy (non-hydrogen) atoms. The van der Waals surface area contributed by atoms with Crippen molar-refractivity contribution in [3.63, 3.8) is 0 Å². The lowest BCUT2D eigenvalue weighted by atomic mass is 10.2. The maximum atomic E-state index is 12.4. The van der Waals surface area contributed by atoms with E-state index in [-0.39, 0.29) is 5.91 Å². The molecule has 3 heterocycles. The molecular weight excluding hydrogens is 350 g/mol. The fraction of sp³-hybridized carbons (Fsp3) is 0.333. The van der Waals surface area contributed by atoms with E-state index in [4.69, 9.17) is 4.42 Å². The highest BCUT2D eigenvalue weighted by Crippen LogP contribution is 2.20. The Morgan fingerprint density at radius 2 is 1.92 bits per heavy atom. The number of carbonyl (C=O) groups excluding carboxylic acids is 1. The van der Waals surface area contributed by atoms with Gasteiger partial charge in [-0.1, -0.05) is 18.2 Å². The minimum Gasteiger partial charge on any atom is -0.421 e. The minimum absolute atomic E-state index is 0.128. The average molecular weight is 369 g/mol. The number of piperazine rings is 1. The molecule has 3 aromatic rings. The summed E-state index contributed by atoms with van der Waals surface area (Å²) in [5, 5.41) is 11.1. The number of hydrogen-bond acceptors (Lipinski definition) is 7. The molecule has 1 fully saturated rings. The van der Waals surface area contributed by atoms with E-state index < -0.39 is 0 Å². The van der Waals surface area contributed by atoms with Crippen LogP contribution in [0.1, 0.15) is 12.3 Å². The van der Waals surface area contributed by atoms with Crippen LogP contribution in [-0.4, -0.2) is 52.2 Å². The molecule has 0 N–H and O–H groups in total. The largest absolute Gasteiger partial charge is 0.421 e. The number of anilines is 1. The molecule has 0 radical (unpaired) electrons. The van der Waals surface area contributed by atoms with Gasteiger partial charge in [0, 0.05) is 56.2 Å². The van der Waals surface area contributed by atoms with Crippen LogP contribution >= 0.6 is 11.3 Å². The molecule has 1 saturated heterocycles. The third kappa shape index (κ3) is 3.75. The van der Waals surface area contributed by atoms with Crippen LogP contribution in [0.5, 0.6) is 0 Å². The number of aryl methyl sites for hydroxylation is 1. The first kappa shape index (κ1) is 16.7. The Morgan fingerprint density at radius 3 is 2.65 bits per heavy atom. The second-order valence-corrected chi connectivity index (χ2v) is 6.92. The van der Waals surface area contributed by atoms with Crippen molar-refractivity contribution in [2.24, 2.45) is 0 Å². The van der Waals surface area contributed by atoms with Gasteiger partial charge in [-0.25, -0.2) is 4.98 Å². The van der Waals surface area contributed by atoms with E-state index in [0.29, 0.717) is 24.6 Å². The molecule has 0 aliphatic carbocycles. The molecule has 8 heteroatoms. The van der Waals surface area contributed by atoms with E-state index in [9.17, 15) is 4.79 Å². The van der Waals surface area contributed by atoms with Gasteiger partial charge in [-0.05, 0) is 12.1 Å². The maximum absolute atomic E-state index is 12.4. The summed E-state index contributed by atoms with van der Waals surface area (Å²) in [6.45, 7) is 3.07. The van der Waals surface area contributed by atoms with Crippen LogP contribution in [0, 0.1) is 0 Å². The fourth-order valence-electron chi connectivity index (χ4n) is 2.94. The summed E-state index contributed by atoms with van der Waals surface area (Å²) >= 11 is 1.63. The van der Waals surface area contributed by atoms with Crippen LogP contribution in [0.2, 0.25) is 0 Å². The Hall–Kier alpha value is -2.74. The normalized spacial score (nSPS) is 14.6. The summed E-state index contributed by atoms with van der Waals surface area (Å²) in [6.07, 6.45) is 2.66. The smallest absolute Gasteiger partial charge is 0.247 e. The third-order valence-corrected chi connectivity index (χ3v) is 5.19. The van der Waals surface area contributed by atoms with Gasteiger partial charge in [0.2, 0.25) is 17.7 Å². The molecule has 0 bridgehead atoms. The Balaban J connectivity index is 1.28. The molecule has 0 saturated carbocycles. The van der Waals surface area contributed by atoms with Crippen LogP contribution in [0.4, 0.5) is 5.13 Å². The molecule has 0 unspecified atom stereocenters. The lowest BCUT2D eigenvalue weighted by molar-refractivity contribution is -0.131. The standard InChI is InChI=1S/C18H19N5O2S/c24-16(22-9-11-23(12-10-22)18-19-8-13-26-18)7-6-15-20-21-17(25-15)14-4-2-1-3-5-14/h1-5,8,13H,6-7,9-12H2. The monoisotopic (exact) mass is 369 g/mol. The zero-order chi connectivity index (χ0) is 17.8. The molecule has 0 atom stereocenters. The van der Waals surface area contributed by atoms with Crippen LogP contribution < -0.4 is 4.90 Å². The van der Waals surface area contributed by atoms with E-state index in [1.54, 1.807) is 11.3 Å². The summed E-state index contributed by atoms with van der Waals surface area (Å²) < 4.78 is 5.67. The predicted molar refractivity (Wildman–Crippen MR) is 99.0 cm³/mol. The van der Waals surface area contributed by atoms with E-state index in [1.807, 2.05) is 46.8 Å². The molecule has 4 rings (SSSR count). The summed E-state index contributed by atoms with van der Waals surface area (Å²) in [6, 6.07) is 9.63. The van der Waals surface area contributed by atoms with Gasteiger partial charge in [0.1, 0.15) is 0 Å². The van der Waals surface area contributed by atoms with E-state index in [0.717, 1.165) is 36.9 Å². The van der Waals surface area contributed by atoms with Crippen molar-refractivity contribution in [2.45, 2.75) is 12.8 Å². The third-order valence-electron chi connectivity index (χ3n) is 4.36. The summed E-state index contributed by atoms with van der Waals surface area (Å²) in [7, 11) is 0. The van der Waals surface area contributed by atoms with Gasteiger partial charge in [0.25, 0.3) is 0 Å². The molecule has 0 spiro atoms. The average Bonchev–Trinajstić information content (AvgIpc) is 3.39. The van der Waals surface area contributed by atoms with Crippen molar-refractivity contribution in [3.05, 3.63) is 47.8 Å². The lowest BCUT2D eigenvalue weighted by Crippen LogP contribution is -2.48. The summed E-state index contributed by atoms with van der Waals surface area (Å²) in [5.41, 5.74) is 0.885. The number of hydrogen-bond donors (Lipinski definition) is 0. The number of benzene rings is 1. The number of amides is 1. The highest BCUT2D eigenvalue weighted by Gasteiger charge is 2.22. The number of rotatable bonds is 5. The van der Waals surface area contributed by atoms with Crippen LogP contribution in [0.25, 0.3) is 11.5 Å². The number of thiazole rings is 1.